The van der Waals surface area contributed by atoms with Gasteiger partial charge < -0.3 is 5.32 Å². The third-order valence-electron chi connectivity index (χ3n) is 4.39. The van der Waals surface area contributed by atoms with Crippen molar-refractivity contribution in [3.8, 4) is 0 Å². The van der Waals surface area contributed by atoms with Gasteiger partial charge in [0.2, 0.25) is 5.91 Å². The lowest BCUT2D eigenvalue weighted by Gasteiger charge is -2.08. The molecule has 1 aliphatic heterocycles. The molecule has 0 unspecified atom stereocenters. The average molecular weight is 376 g/mol. The number of amides is 3. The number of nitrogens with one attached hydrogen (secondary N) is 2. The predicted molar refractivity (Wildman–Crippen MR) is 107 cm³/mol. The quantitative estimate of drug-likeness (QED) is 0.667. The molecule has 0 atom stereocenters. The summed E-state index contributed by atoms with van der Waals surface area (Å²) in [7, 11) is 0. The third kappa shape index (κ3) is 3.57. The van der Waals surface area contributed by atoms with Gasteiger partial charge in [0.25, 0.3) is 11.8 Å². The van der Waals surface area contributed by atoms with E-state index in [0.717, 1.165) is 5.75 Å². The van der Waals surface area contributed by atoms with Gasteiger partial charge >= 0.3 is 0 Å². The van der Waals surface area contributed by atoms with Crippen LogP contribution in [0, 0.1) is 0 Å². The largest absolute Gasteiger partial charge is 0.325 e. The molecule has 0 fully saturated rings. The molecule has 0 saturated heterocycles. The van der Waals surface area contributed by atoms with E-state index in [1.807, 2.05) is 18.2 Å². The lowest BCUT2D eigenvalue weighted by Crippen LogP contribution is -2.19. The highest BCUT2D eigenvalue weighted by molar-refractivity contribution is 7.99. The number of thioether (sulfide) groups is 1. The van der Waals surface area contributed by atoms with Crippen molar-refractivity contribution >= 4 is 45.9 Å². The van der Waals surface area contributed by atoms with Gasteiger partial charge in [0.05, 0.1) is 16.9 Å². The molecule has 0 spiro atoms. The molecule has 0 radical (unpaired) electrons. The molecule has 0 bridgehead atoms. The molecule has 3 aromatic rings. The normalized spacial score (nSPS) is 12.7. The number of imide groups is 1. The van der Waals surface area contributed by atoms with Crippen molar-refractivity contribution < 1.29 is 14.4 Å². The van der Waals surface area contributed by atoms with Crippen molar-refractivity contribution in [3.63, 3.8) is 0 Å². The Morgan fingerprint density at radius 3 is 2.59 bits per heavy atom. The van der Waals surface area contributed by atoms with Crippen LogP contribution in [-0.4, -0.2) is 23.5 Å². The van der Waals surface area contributed by atoms with Gasteiger partial charge in [-0.15, -0.1) is 11.8 Å². The summed E-state index contributed by atoms with van der Waals surface area (Å²) in [6.07, 6.45) is 0. The van der Waals surface area contributed by atoms with E-state index in [9.17, 15) is 14.4 Å². The van der Waals surface area contributed by atoms with Crippen molar-refractivity contribution in [2.45, 2.75) is 5.75 Å². The van der Waals surface area contributed by atoms with Crippen molar-refractivity contribution in [3.05, 3.63) is 77.4 Å². The van der Waals surface area contributed by atoms with Crippen LogP contribution in [0.4, 0.5) is 5.69 Å². The van der Waals surface area contributed by atoms with Crippen LogP contribution < -0.4 is 10.6 Å². The number of carbonyl (C=O) groups excluding carboxylic acids is 3. The van der Waals surface area contributed by atoms with E-state index >= 15 is 0 Å². The molecular weight excluding hydrogens is 360 g/mol. The van der Waals surface area contributed by atoms with Crippen LogP contribution in [0.5, 0.6) is 0 Å². The molecule has 0 aliphatic carbocycles. The lowest BCUT2D eigenvalue weighted by atomic mass is 10.1. The number of hydrogen-bond acceptors (Lipinski definition) is 4. The zero-order chi connectivity index (χ0) is 18.8. The number of hydrogen-bond donors (Lipinski definition) is 2. The van der Waals surface area contributed by atoms with Gasteiger partial charge in [-0.05, 0) is 34.5 Å². The Morgan fingerprint density at radius 1 is 0.926 bits per heavy atom. The van der Waals surface area contributed by atoms with E-state index in [1.165, 1.54) is 34.2 Å². The highest BCUT2D eigenvalue weighted by atomic mass is 32.2. The molecule has 0 saturated carbocycles. The van der Waals surface area contributed by atoms with Crippen molar-refractivity contribution in [2.24, 2.45) is 0 Å². The maximum absolute atomic E-state index is 12.2. The lowest BCUT2D eigenvalue weighted by molar-refractivity contribution is -0.113. The molecule has 134 valence electrons. The second-order valence-corrected chi connectivity index (χ2v) is 7.21. The van der Waals surface area contributed by atoms with E-state index in [4.69, 9.17) is 0 Å². The summed E-state index contributed by atoms with van der Waals surface area (Å²) in [6.45, 7) is 0. The van der Waals surface area contributed by atoms with Crippen LogP contribution >= 0.6 is 11.8 Å². The van der Waals surface area contributed by atoms with Gasteiger partial charge in [0.15, 0.2) is 0 Å². The topological polar surface area (TPSA) is 75.3 Å². The monoisotopic (exact) mass is 376 g/mol. The molecule has 4 rings (SSSR count). The summed E-state index contributed by atoms with van der Waals surface area (Å²) >= 11 is 1.53. The molecule has 0 aromatic heterocycles. The Bertz CT molecular complexity index is 1070. The van der Waals surface area contributed by atoms with Crippen molar-refractivity contribution in [2.75, 3.05) is 11.1 Å². The number of anilines is 1. The molecule has 3 aromatic carbocycles. The molecule has 27 heavy (non-hydrogen) atoms. The smallest absolute Gasteiger partial charge is 0.259 e. The van der Waals surface area contributed by atoms with Gasteiger partial charge in [-0.1, -0.05) is 42.5 Å². The maximum atomic E-state index is 12.2. The van der Waals surface area contributed by atoms with Crippen LogP contribution in [0.2, 0.25) is 0 Å². The maximum Gasteiger partial charge on any atom is 0.259 e. The Labute approximate surface area is 160 Å². The predicted octanol–water partition coefficient (Wildman–Crippen LogP) is 3.60. The molecular formula is C21H16N2O3S. The van der Waals surface area contributed by atoms with E-state index < -0.39 is 11.8 Å². The van der Waals surface area contributed by atoms with E-state index in [2.05, 4.69) is 34.9 Å². The second-order valence-electron chi connectivity index (χ2n) is 6.22. The Morgan fingerprint density at radius 2 is 1.70 bits per heavy atom. The standard InChI is InChI=1S/C21H16N2O3S/c24-19(22-15-8-9-17-18(10-15)21(26)23-20(17)25)12-27-11-14-6-3-5-13-4-1-2-7-16(13)14/h1-10H,11-12H2,(H,22,24)(H,23,25,26). The number of benzene rings is 3. The van der Waals surface area contributed by atoms with Gasteiger partial charge in [-0.25, -0.2) is 0 Å². The SMILES string of the molecule is O=C(CSCc1cccc2ccccc12)Nc1ccc2c(c1)C(=O)NC2=O. The number of carbonyl (C=O) groups is 3. The highest BCUT2D eigenvalue weighted by Gasteiger charge is 2.26. The van der Waals surface area contributed by atoms with Crippen molar-refractivity contribution in [1.82, 2.24) is 5.32 Å². The summed E-state index contributed by atoms with van der Waals surface area (Å²) in [4.78, 5) is 35.5. The van der Waals surface area contributed by atoms with Gasteiger partial charge in [-0.2, -0.15) is 0 Å². The first kappa shape index (κ1) is 17.3. The molecule has 1 heterocycles. The van der Waals surface area contributed by atoms with E-state index in [-0.39, 0.29) is 5.91 Å². The van der Waals surface area contributed by atoms with Gasteiger partial charge in [-0.3, -0.25) is 19.7 Å². The summed E-state index contributed by atoms with van der Waals surface area (Å²) in [6, 6.07) is 19.1. The molecule has 1 aliphatic rings. The third-order valence-corrected chi connectivity index (χ3v) is 5.37. The summed E-state index contributed by atoms with van der Waals surface area (Å²) in [5, 5.41) is 7.40. The van der Waals surface area contributed by atoms with E-state index in [0.29, 0.717) is 22.6 Å². The Balaban J connectivity index is 1.37. The minimum absolute atomic E-state index is 0.148. The van der Waals surface area contributed by atoms with Crippen LogP contribution in [0.1, 0.15) is 26.3 Å². The van der Waals surface area contributed by atoms with E-state index in [1.54, 1.807) is 12.1 Å². The first-order valence-corrected chi connectivity index (χ1v) is 9.61. The number of fused-ring (bicyclic) bond motifs is 2. The zero-order valence-corrected chi connectivity index (χ0v) is 15.1. The minimum atomic E-state index is -0.434. The van der Waals surface area contributed by atoms with Crippen LogP contribution in [0.3, 0.4) is 0 Å². The first-order valence-electron chi connectivity index (χ1n) is 8.46. The molecule has 6 heteroatoms. The van der Waals surface area contributed by atoms with Gasteiger partial charge in [0, 0.05) is 11.4 Å². The molecule has 5 nitrogen and oxygen atoms in total. The fourth-order valence-corrected chi connectivity index (χ4v) is 3.95. The summed E-state index contributed by atoms with van der Waals surface area (Å²) in [5.74, 6) is 0.0428. The second kappa shape index (κ2) is 7.25. The van der Waals surface area contributed by atoms with Crippen LogP contribution in [0.15, 0.2) is 60.7 Å². The highest BCUT2D eigenvalue weighted by Crippen LogP contribution is 2.23. The van der Waals surface area contributed by atoms with Crippen LogP contribution in [-0.2, 0) is 10.5 Å². The van der Waals surface area contributed by atoms with Crippen LogP contribution in [0.25, 0.3) is 10.8 Å². The fraction of sp³-hybridized carbons (Fsp3) is 0.0952. The molecule has 2 N–H and O–H groups in total. The van der Waals surface area contributed by atoms with Gasteiger partial charge in [0.1, 0.15) is 0 Å². The van der Waals surface area contributed by atoms with Crippen molar-refractivity contribution in [1.29, 1.82) is 0 Å². The summed E-state index contributed by atoms with van der Waals surface area (Å²) < 4.78 is 0. The minimum Gasteiger partial charge on any atom is -0.325 e. The Hall–Kier alpha value is -3.12. The average Bonchev–Trinajstić information content (AvgIpc) is 2.95. The zero-order valence-electron chi connectivity index (χ0n) is 14.3. The Kier molecular flexibility index (Phi) is 4.64. The molecule has 3 amide bonds. The first-order chi connectivity index (χ1) is 13.1. The fourth-order valence-electron chi connectivity index (χ4n) is 3.11. The number of rotatable bonds is 5. The summed E-state index contributed by atoms with van der Waals surface area (Å²) in [5.41, 5.74) is 2.33.